The van der Waals surface area contributed by atoms with E-state index in [0.29, 0.717) is 16.9 Å². The molecule has 0 bridgehead atoms. The van der Waals surface area contributed by atoms with Crippen molar-refractivity contribution in [2.45, 2.75) is 11.3 Å². The highest BCUT2D eigenvalue weighted by molar-refractivity contribution is 8.18. The summed E-state index contributed by atoms with van der Waals surface area (Å²) in [5.74, 6) is -0.872. The van der Waals surface area contributed by atoms with Crippen molar-refractivity contribution in [3.63, 3.8) is 0 Å². The van der Waals surface area contributed by atoms with Crippen LogP contribution in [0.15, 0.2) is 60.7 Å². The lowest BCUT2D eigenvalue weighted by molar-refractivity contribution is -0.147. The number of carbonyl (C=O) groups is 4. The minimum atomic E-state index is -1.07. The lowest BCUT2D eigenvalue weighted by Crippen LogP contribution is -2.46. The van der Waals surface area contributed by atoms with Gasteiger partial charge < -0.3 is 10.0 Å². The molecule has 2 atom stereocenters. The number of hydrogen-bond donors (Lipinski definition) is 1. The molecule has 1 aliphatic heterocycles. The molecule has 1 fully saturated rings. The highest BCUT2D eigenvalue weighted by atomic mass is 32.2. The molecule has 6 nitrogen and oxygen atoms in total. The number of carboxylic acid groups (broad SMARTS) is 1. The third-order valence-corrected chi connectivity index (χ3v) is 7.68. The van der Waals surface area contributed by atoms with Gasteiger partial charge in [-0.25, -0.2) is 4.79 Å². The number of carbonyl (C=O) groups excluding carboxylic acids is 3. The number of thioether (sulfide) groups is 3. The van der Waals surface area contributed by atoms with Crippen molar-refractivity contribution < 1.29 is 24.3 Å². The monoisotopic (exact) mass is 461 g/mol. The molecule has 9 heteroatoms. The maximum atomic E-state index is 13.1. The van der Waals surface area contributed by atoms with Gasteiger partial charge in [-0.3, -0.25) is 14.4 Å². The third kappa shape index (κ3) is 5.68. The quantitative estimate of drug-likeness (QED) is 0.670. The number of aliphatic carboxylic acids is 1. The Morgan fingerprint density at radius 2 is 1.53 bits per heavy atom. The second kappa shape index (κ2) is 10.7. The zero-order chi connectivity index (χ0) is 21.5. The van der Waals surface area contributed by atoms with Crippen LogP contribution in [0.25, 0.3) is 0 Å². The van der Waals surface area contributed by atoms with Gasteiger partial charge >= 0.3 is 5.97 Å². The first kappa shape index (κ1) is 22.5. The van der Waals surface area contributed by atoms with E-state index in [2.05, 4.69) is 0 Å². The Hall–Kier alpha value is -2.23. The topological polar surface area (TPSA) is 91.8 Å². The van der Waals surface area contributed by atoms with E-state index in [1.54, 1.807) is 60.7 Å². The molecule has 1 saturated heterocycles. The Morgan fingerprint density at radius 1 is 0.967 bits per heavy atom. The van der Waals surface area contributed by atoms with E-state index >= 15 is 0 Å². The second-order valence-corrected chi connectivity index (χ2v) is 9.55. The molecule has 1 N–H and O–H groups in total. The van der Waals surface area contributed by atoms with Crippen molar-refractivity contribution in [3.05, 3.63) is 71.8 Å². The molecule has 3 rings (SSSR count). The Morgan fingerprint density at radius 3 is 2.10 bits per heavy atom. The van der Waals surface area contributed by atoms with Crippen molar-refractivity contribution in [3.8, 4) is 0 Å². The molecule has 0 spiro atoms. The zero-order valence-corrected chi connectivity index (χ0v) is 18.3. The first-order chi connectivity index (χ1) is 14.5. The average molecular weight is 462 g/mol. The van der Waals surface area contributed by atoms with Crippen LogP contribution in [0.1, 0.15) is 20.7 Å². The number of amides is 1. The van der Waals surface area contributed by atoms with Crippen LogP contribution in [-0.4, -0.2) is 60.8 Å². The van der Waals surface area contributed by atoms with Gasteiger partial charge in [-0.2, -0.15) is 0 Å². The van der Waals surface area contributed by atoms with Crippen LogP contribution in [-0.2, 0) is 9.59 Å². The Balaban J connectivity index is 1.75. The van der Waals surface area contributed by atoms with Gasteiger partial charge in [0, 0.05) is 22.6 Å². The summed E-state index contributed by atoms with van der Waals surface area (Å²) in [4.78, 5) is 51.1. The number of rotatable bonds is 7. The molecular formula is C21H19NO5S3. The van der Waals surface area contributed by atoms with Crippen molar-refractivity contribution in [1.82, 2.24) is 4.90 Å². The van der Waals surface area contributed by atoms with E-state index < -0.39 is 23.2 Å². The lowest BCUT2D eigenvalue weighted by atomic mass is 10.2. The minimum absolute atomic E-state index is 0.0727. The molecular weight excluding hydrogens is 442 g/mol. The Bertz CT molecular complexity index is 923. The molecule has 30 heavy (non-hydrogen) atoms. The standard InChI is InChI=1S/C21H19NO5S3/c23-18(22-13-28-11-16(22)19(24)25)17(30-21(27)15-9-5-2-6-10-15)12-29-20(26)14-7-3-1-4-8-14/h1-10,16-17H,11-13H2,(H,24,25)/t16?,17-/m1/s1. The second-order valence-electron chi connectivity index (χ2n) is 6.39. The van der Waals surface area contributed by atoms with Crippen LogP contribution in [0.3, 0.4) is 0 Å². The fourth-order valence-electron chi connectivity index (χ4n) is 2.79. The van der Waals surface area contributed by atoms with Crippen LogP contribution in [0, 0.1) is 0 Å². The number of nitrogens with zero attached hydrogens (tertiary/aromatic N) is 1. The van der Waals surface area contributed by atoms with E-state index in [-0.39, 0.29) is 21.9 Å². The van der Waals surface area contributed by atoms with Gasteiger partial charge in [-0.1, -0.05) is 84.2 Å². The van der Waals surface area contributed by atoms with Crippen LogP contribution in [0.5, 0.6) is 0 Å². The average Bonchev–Trinajstić information content (AvgIpc) is 3.27. The first-order valence-electron chi connectivity index (χ1n) is 9.06. The smallest absolute Gasteiger partial charge is 0.327 e. The summed E-state index contributed by atoms with van der Waals surface area (Å²) >= 11 is 3.15. The van der Waals surface area contributed by atoms with Gasteiger partial charge in [0.15, 0.2) is 0 Å². The van der Waals surface area contributed by atoms with E-state index in [0.717, 1.165) is 23.5 Å². The highest BCUT2D eigenvalue weighted by Gasteiger charge is 2.39. The summed E-state index contributed by atoms with van der Waals surface area (Å²) in [6.07, 6.45) is 0. The number of benzene rings is 2. The molecule has 0 aliphatic carbocycles. The maximum absolute atomic E-state index is 13.1. The maximum Gasteiger partial charge on any atom is 0.327 e. The molecule has 2 aromatic rings. The molecule has 0 aromatic heterocycles. The number of carboxylic acids is 1. The number of hydrogen-bond acceptors (Lipinski definition) is 7. The highest BCUT2D eigenvalue weighted by Crippen LogP contribution is 2.29. The first-order valence-corrected chi connectivity index (χ1v) is 12.1. The SMILES string of the molecule is O=C(SC[C@@H](SC(=O)c1ccccc1)C(=O)N1CSCC1C(=O)O)c1ccccc1. The Kier molecular flexibility index (Phi) is 8.01. The van der Waals surface area contributed by atoms with Crippen molar-refractivity contribution in [1.29, 1.82) is 0 Å². The van der Waals surface area contributed by atoms with Crippen LogP contribution < -0.4 is 0 Å². The molecule has 1 unspecified atom stereocenters. The predicted octanol–water partition coefficient (Wildman–Crippen LogP) is 3.49. The van der Waals surface area contributed by atoms with Gasteiger partial charge in [0.1, 0.15) is 11.3 Å². The summed E-state index contributed by atoms with van der Waals surface area (Å²) in [5, 5.41) is 8.04. The summed E-state index contributed by atoms with van der Waals surface area (Å²) in [5.41, 5.74) is 0.957. The van der Waals surface area contributed by atoms with Crippen LogP contribution in [0.4, 0.5) is 0 Å². The predicted molar refractivity (Wildman–Crippen MR) is 121 cm³/mol. The molecule has 0 saturated carbocycles. The molecule has 156 valence electrons. The van der Waals surface area contributed by atoms with Gasteiger partial charge in [-0.05, 0) is 0 Å². The van der Waals surface area contributed by atoms with Crippen LogP contribution in [0.2, 0.25) is 0 Å². The molecule has 1 amide bonds. The fraction of sp³-hybridized carbons (Fsp3) is 0.238. The van der Waals surface area contributed by atoms with Crippen molar-refractivity contribution in [2.24, 2.45) is 0 Å². The largest absolute Gasteiger partial charge is 0.480 e. The van der Waals surface area contributed by atoms with Gasteiger partial charge in [0.25, 0.3) is 0 Å². The summed E-state index contributed by atoms with van der Waals surface area (Å²) in [6, 6.07) is 16.3. The molecule has 0 radical (unpaired) electrons. The van der Waals surface area contributed by atoms with Gasteiger partial charge in [0.2, 0.25) is 16.1 Å². The minimum Gasteiger partial charge on any atom is -0.480 e. The van der Waals surface area contributed by atoms with E-state index in [1.807, 2.05) is 0 Å². The summed E-state index contributed by atoms with van der Waals surface area (Å²) < 4.78 is 0. The van der Waals surface area contributed by atoms with Gasteiger partial charge in [0.05, 0.1) is 5.88 Å². The fourth-order valence-corrected chi connectivity index (χ4v) is 5.93. The zero-order valence-electron chi connectivity index (χ0n) is 15.8. The van der Waals surface area contributed by atoms with E-state index in [9.17, 15) is 24.3 Å². The molecule has 2 aromatic carbocycles. The van der Waals surface area contributed by atoms with E-state index in [4.69, 9.17) is 0 Å². The van der Waals surface area contributed by atoms with Gasteiger partial charge in [-0.15, -0.1) is 11.8 Å². The summed E-state index contributed by atoms with van der Waals surface area (Å²) in [6.45, 7) is 0. The normalized spacial score (nSPS) is 16.8. The molecule has 1 aliphatic rings. The van der Waals surface area contributed by atoms with Crippen LogP contribution >= 0.6 is 35.3 Å². The van der Waals surface area contributed by atoms with Crippen molar-refractivity contribution >= 4 is 57.4 Å². The Labute approximate surface area is 186 Å². The van der Waals surface area contributed by atoms with Crippen molar-refractivity contribution in [2.75, 3.05) is 17.4 Å². The summed E-state index contributed by atoms with van der Waals surface area (Å²) in [7, 11) is 0. The third-order valence-electron chi connectivity index (χ3n) is 4.36. The van der Waals surface area contributed by atoms with E-state index in [1.165, 1.54) is 16.7 Å². The lowest BCUT2D eigenvalue weighted by Gasteiger charge is -2.25. The molecule has 1 heterocycles.